The van der Waals surface area contributed by atoms with Gasteiger partial charge >= 0.3 is 5.69 Å². The van der Waals surface area contributed by atoms with Gasteiger partial charge in [0, 0.05) is 45.0 Å². The molecule has 0 radical (unpaired) electrons. The zero-order valence-corrected chi connectivity index (χ0v) is 17.7. The summed E-state index contributed by atoms with van der Waals surface area (Å²) in [7, 11) is -3.42. The average Bonchev–Trinajstić information content (AvgIpc) is 2.90. The number of fused-ring (bicyclic) bond motifs is 1. The summed E-state index contributed by atoms with van der Waals surface area (Å²) in [6.45, 7) is 3.21. The summed E-state index contributed by atoms with van der Waals surface area (Å²) in [5.74, 6) is -0.170. The highest BCUT2D eigenvalue weighted by molar-refractivity contribution is 7.86. The Bertz CT molecular complexity index is 1050. The summed E-state index contributed by atoms with van der Waals surface area (Å²) >= 11 is 0. The number of amides is 1. The monoisotopic (exact) mass is 436 g/mol. The molecule has 11 heteroatoms. The Labute approximate surface area is 175 Å². The summed E-state index contributed by atoms with van der Waals surface area (Å²) in [5.41, 5.74) is 1.62. The summed E-state index contributed by atoms with van der Waals surface area (Å²) in [6, 6.07) is 5.17. The number of imidazole rings is 1. The molecule has 0 spiro atoms. The quantitative estimate of drug-likeness (QED) is 0.631. The van der Waals surface area contributed by atoms with E-state index in [1.54, 1.807) is 26.8 Å². The number of hydrogen-bond acceptors (Lipinski definition) is 5. The summed E-state index contributed by atoms with van der Waals surface area (Å²) in [4.78, 5) is 31.0. The number of carbonyl (C=O) groups is 1. The highest BCUT2D eigenvalue weighted by Crippen LogP contribution is 2.18. The average molecular weight is 437 g/mol. The van der Waals surface area contributed by atoms with E-state index in [1.165, 1.54) is 0 Å². The molecule has 3 heterocycles. The lowest BCUT2D eigenvalue weighted by Crippen LogP contribution is -2.54. The van der Waals surface area contributed by atoms with Crippen LogP contribution in [0.5, 0.6) is 0 Å². The minimum absolute atomic E-state index is 0.170. The van der Waals surface area contributed by atoms with Crippen LogP contribution in [-0.2, 0) is 15.0 Å². The lowest BCUT2D eigenvalue weighted by atomic mass is 10.2. The minimum Gasteiger partial charge on any atom is -0.325 e. The highest BCUT2D eigenvalue weighted by atomic mass is 32.2. The van der Waals surface area contributed by atoms with Gasteiger partial charge in [0.05, 0.1) is 17.6 Å². The molecule has 2 aromatic rings. The second-order valence-corrected chi connectivity index (χ2v) is 9.81. The van der Waals surface area contributed by atoms with Crippen LogP contribution < -0.4 is 11.0 Å². The van der Waals surface area contributed by atoms with Gasteiger partial charge in [0.1, 0.15) is 0 Å². The number of H-pyrrole nitrogens is 2. The first-order chi connectivity index (χ1) is 14.4. The van der Waals surface area contributed by atoms with E-state index in [2.05, 4.69) is 15.3 Å². The van der Waals surface area contributed by atoms with Crippen LogP contribution in [0.2, 0.25) is 0 Å². The molecule has 2 saturated heterocycles. The van der Waals surface area contributed by atoms with E-state index in [0.29, 0.717) is 56.0 Å². The first kappa shape index (κ1) is 21.0. The van der Waals surface area contributed by atoms with Gasteiger partial charge in [-0.1, -0.05) is 12.8 Å². The number of nitrogens with zero attached hydrogens (tertiary/aromatic N) is 3. The van der Waals surface area contributed by atoms with Gasteiger partial charge in [-0.3, -0.25) is 9.69 Å². The fourth-order valence-corrected chi connectivity index (χ4v) is 5.74. The topological polar surface area (TPSA) is 122 Å². The Morgan fingerprint density at radius 3 is 2.23 bits per heavy atom. The molecule has 2 aliphatic heterocycles. The van der Waals surface area contributed by atoms with Crippen LogP contribution in [0.1, 0.15) is 25.7 Å². The van der Waals surface area contributed by atoms with Gasteiger partial charge in [0.25, 0.3) is 10.2 Å². The van der Waals surface area contributed by atoms with Crippen molar-refractivity contribution >= 4 is 32.8 Å². The fourth-order valence-electron chi connectivity index (χ4n) is 4.07. The van der Waals surface area contributed by atoms with Crippen molar-refractivity contribution in [2.45, 2.75) is 25.7 Å². The molecule has 1 aromatic heterocycles. The zero-order chi connectivity index (χ0) is 21.1. The number of aromatic amines is 2. The molecule has 2 aliphatic rings. The molecule has 10 nitrogen and oxygen atoms in total. The van der Waals surface area contributed by atoms with E-state index >= 15 is 0 Å². The van der Waals surface area contributed by atoms with Crippen LogP contribution in [0.4, 0.5) is 5.69 Å². The number of benzene rings is 1. The van der Waals surface area contributed by atoms with Gasteiger partial charge in [0.15, 0.2) is 0 Å². The Kier molecular flexibility index (Phi) is 6.23. The molecule has 164 valence electrons. The van der Waals surface area contributed by atoms with Crippen molar-refractivity contribution in [2.24, 2.45) is 0 Å². The number of hydrogen-bond donors (Lipinski definition) is 3. The molecule has 0 unspecified atom stereocenters. The standard InChI is InChI=1S/C19H28N6O4S/c26-18(20-15-5-6-16-17(13-15)22-19(27)21-16)14-23-9-11-25(12-10-23)30(28,29)24-7-3-1-2-4-8-24/h5-6,13H,1-4,7-12,14H2,(H,20,26)(H2,21,22,27). The lowest BCUT2D eigenvalue weighted by molar-refractivity contribution is -0.117. The maximum absolute atomic E-state index is 12.9. The number of carbonyl (C=O) groups excluding carboxylic acids is 1. The Hall–Kier alpha value is -2.21. The molecular formula is C19H28N6O4S. The van der Waals surface area contributed by atoms with Crippen molar-refractivity contribution < 1.29 is 13.2 Å². The van der Waals surface area contributed by atoms with Crippen molar-refractivity contribution in [2.75, 3.05) is 51.1 Å². The molecule has 30 heavy (non-hydrogen) atoms. The van der Waals surface area contributed by atoms with Crippen molar-refractivity contribution in [3.8, 4) is 0 Å². The predicted octanol–water partition coefficient (Wildman–Crippen LogP) is 0.533. The third-order valence-corrected chi connectivity index (χ3v) is 7.75. The molecular weight excluding hydrogens is 408 g/mol. The first-order valence-electron chi connectivity index (χ1n) is 10.4. The smallest absolute Gasteiger partial charge is 0.323 e. The van der Waals surface area contributed by atoms with Crippen LogP contribution in [0.25, 0.3) is 11.0 Å². The SMILES string of the molecule is O=C(CN1CCN(S(=O)(=O)N2CCCCCC2)CC1)Nc1ccc2[nH]c(=O)[nH]c2c1. The molecule has 4 rings (SSSR count). The van der Waals surface area contributed by atoms with Crippen LogP contribution >= 0.6 is 0 Å². The number of rotatable bonds is 5. The molecule has 0 aliphatic carbocycles. The first-order valence-corrected chi connectivity index (χ1v) is 11.8. The second kappa shape index (κ2) is 8.88. The van der Waals surface area contributed by atoms with E-state index in [9.17, 15) is 18.0 Å². The normalized spacial score (nSPS) is 20.3. The third kappa shape index (κ3) is 4.75. The van der Waals surface area contributed by atoms with Gasteiger partial charge in [-0.05, 0) is 31.0 Å². The zero-order valence-electron chi connectivity index (χ0n) is 16.9. The number of nitrogens with one attached hydrogen (secondary N) is 3. The maximum atomic E-state index is 12.9. The second-order valence-electron chi connectivity index (χ2n) is 7.88. The Morgan fingerprint density at radius 1 is 0.900 bits per heavy atom. The molecule has 0 saturated carbocycles. The van der Waals surface area contributed by atoms with Gasteiger partial charge < -0.3 is 15.3 Å². The van der Waals surface area contributed by atoms with E-state index in [1.807, 2.05) is 4.90 Å². The lowest BCUT2D eigenvalue weighted by Gasteiger charge is -2.36. The van der Waals surface area contributed by atoms with Crippen LogP contribution in [0.3, 0.4) is 0 Å². The number of piperazine rings is 1. The minimum atomic E-state index is -3.42. The van der Waals surface area contributed by atoms with E-state index < -0.39 is 10.2 Å². The van der Waals surface area contributed by atoms with E-state index in [0.717, 1.165) is 25.7 Å². The summed E-state index contributed by atoms with van der Waals surface area (Å²) < 4.78 is 29.0. The number of aromatic nitrogens is 2. The van der Waals surface area contributed by atoms with E-state index in [-0.39, 0.29) is 18.1 Å². The summed E-state index contributed by atoms with van der Waals surface area (Å²) in [5, 5.41) is 2.83. The highest BCUT2D eigenvalue weighted by Gasteiger charge is 2.32. The fraction of sp³-hybridized carbons (Fsp3) is 0.579. The van der Waals surface area contributed by atoms with Gasteiger partial charge in [-0.2, -0.15) is 17.0 Å². The van der Waals surface area contributed by atoms with Crippen molar-refractivity contribution in [1.29, 1.82) is 0 Å². The molecule has 2 fully saturated rings. The third-order valence-electron chi connectivity index (χ3n) is 5.72. The number of anilines is 1. The van der Waals surface area contributed by atoms with Gasteiger partial charge in [-0.15, -0.1) is 0 Å². The van der Waals surface area contributed by atoms with Crippen LogP contribution in [0.15, 0.2) is 23.0 Å². The van der Waals surface area contributed by atoms with Crippen molar-refractivity contribution in [3.63, 3.8) is 0 Å². The molecule has 1 amide bonds. The van der Waals surface area contributed by atoms with Crippen molar-refractivity contribution in [1.82, 2.24) is 23.5 Å². The molecule has 1 aromatic carbocycles. The van der Waals surface area contributed by atoms with Gasteiger partial charge in [-0.25, -0.2) is 4.79 Å². The van der Waals surface area contributed by atoms with E-state index in [4.69, 9.17) is 0 Å². The Balaban J connectivity index is 1.29. The molecule has 0 atom stereocenters. The molecule has 0 bridgehead atoms. The Morgan fingerprint density at radius 2 is 1.53 bits per heavy atom. The van der Waals surface area contributed by atoms with Crippen molar-refractivity contribution in [3.05, 3.63) is 28.7 Å². The summed E-state index contributed by atoms with van der Waals surface area (Å²) in [6.07, 6.45) is 4.01. The molecule has 3 N–H and O–H groups in total. The van der Waals surface area contributed by atoms with Crippen LogP contribution in [0, 0.1) is 0 Å². The maximum Gasteiger partial charge on any atom is 0.323 e. The predicted molar refractivity (Wildman–Crippen MR) is 115 cm³/mol. The van der Waals surface area contributed by atoms with Crippen LogP contribution in [-0.4, -0.2) is 83.6 Å². The van der Waals surface area contributed by atoms with Gasteiger partial charge in [0.2, 0.25) is 5.91 Å². The largest absolute Gasteiger partial charge is 0.325 e.